The molecule has 186 valence electrons. The van der Waals surface area contributed by atoms with Gasteiger partial charge in [-0.3, -0.25) is 13.9 Å². The summed E-state index contributed by atoms with van der Waals surface area (Å²) in [7, 11) is -3.81. The maximum atomic E-state index is 13.6. The summed E-state index contributed by atoms with van der Waals surface area (Å²) in [6.07, 6.45) is 1.37. The minimum absolute atomic E-state index is 0.110. The molecule has 2 rings (SSSR count). The number of amides is 2. The molecule has 1 N–H and O–H groups in total. The summed E-state index contributed by atoms with van der Waals surface area (Å²) in [6, 6.07) is 12.4. The first-order chi connectivity index (χ1) is 15.7. The van der Waals surface area contributed by atoms with Crippen molar-refractivity contribution in [3.63, 3.8) is 0 Å². The lowest BCUT2D eigenvalue weighted by atomic mass is 10.1. The molecule has 0 fully saturated rings. The number of hydrogen-bond acceptors (Lipinski definition) is 4. The topological polar surface area (TPSA) is 86.8 Å². The van der Waals surface area contributed by atoms with E-state index in [1.54, 1.807) is 49.4 Å². The Morgan fingerprint density at radius 3 is 2.15 bits per heavy atom. The van der Waals surface area contributed by atoms with Crippen LogP contribution in [0.5, 0.6) is 0 Å². The summed E-state index contributed by atoms with van der Waals surface area (Å²) in [5.41, 5.74) is 0.523. The van der Waals surface area contributed by atoms with Gasteiger partial charge in [-0.25, -0.2) is 8.42 Å². The molecule has 0 saturated heterocycles. The molecular weight excluding hydrogens is 497 g/mol. The van der Waals surface area contributed by atoms with E-state index in [1.165, 1.54) is 11.0 Å². The molecule has 0 aliphatic heterocycles. The van der Waals surface area contributed by atoms with Crippen molar-refractivity contribution in [3.05, 3.63) is 64.1 Å². The third-order valence-electron chi connectivity index (χ3n) is 4.93. The van der Waals surface area contributed by atoms with Crippen LogP contribution in [0.15, 0.2) is 48.5 Å². The van der Waals surface area contributed by atoms with Gasteiger partial charge in [0.15, 0.2) is 0 Å². The highest BCUT2D eigenvalue weighted by atomic mass is 35.5. The summed E-state index contributed by atoms with van der Waals surface area (Å²) in [5, 5.41) is 3.81. The van der Waals surface area contributed by atoms with Crippen molar-refractivity contribution in [3.8, 4) is 0 Å². The molecule has 10 heteroatoms. The second-order valence-electron chi connectivity index (χ2n) is 9.06. The van der Waals surface area contributed by atoms with Crippen LogP contribution in [-0.4, -0.2) is 49.5 Å². The van der Waals surface area contributed by atoms with Gasteiger partial charge in [-0.2, -0.15) is 0 Å². The molecule has 0 saturated carbocycles. The molecule has 0 bridgehead atoms. The summed E-state index contributed by atoms with van der Waals surface area (Å²) in [5.74, 6) is -0.831. The SMILES string of the molecule is CC[C@@H](C(=O)NC(C)(C)C)N(Cc1ccc(Cl)cc1)C(=O)CN(c1cccc(Cl)c1)S(C)(=O)=O. The minimum atomic E-state index is -3.81. The number of carbonyl (C=O) groups excluding carboxylic acids is 2. The number of nitrogens with zero attached hydrogens (tertiary/aromatic N) is 2. The molecule has 2 aromatic rings. The van der Waals surface area contributed by atoms with E-state index in [2.05, 4.69) is 5.32 Å². The van der Waals surface area contributed by atoms with Gasteiger partial charge in [-0.1, -0.05) is 48.3 Å². The average molecular weight is 529 g/mol. The highest BCUT2D eigenvalue weighted by Gasteiger charge is 2.33. The van der Waals surface area contributed by atoms with Crippen molar-refractivity contribution >= 4 is 50.7 Å². The van der Waals surface area contributed by atoms with Crippen LogP contribution >= 0.6 is 23.2 Å². The van der Waals surface area contributed by atoms with E-state index in [9.17, 15) is 18.0 Å². The smallest absolute Gasteiger partial charge is 0.244 e. The minimum Gasteiger partial charge on any atom is -0.350 e. The lowest BCUT2D eigenvalue weighted by molar-refractivity contribution is -0.141. The molecule has 2 amide bonds. The van der Waals surface area contributed by atoms with Crippen molar-refractivity contribution < 1.29 is 18.0 Å². The van der Waals surface area contributed by atoms with E-state index in [1.807, 2.05) is 20.8 Å². The first kappa shape index (κ1) is 28.0. The van der Waals surface area contributed by atoms with Gasteiger partial charge < -0.3 is 10.2 Å². The van der Waals surface area contributed by atoms with Crippen molar-refractivity contribution in [1.29, 1.82) is 0 Å². The normalized spacial score (nSPS) is 12.7. The van der Waals surface area contributed by atoms with E-state index in [-0.39, 0.29) is 18.1 Å². The molecule has 34 heavy (non-hydrogen) atoms. The highest BCUT2D eigenvalue weighted by Crippen LogP contribution is 2.23. The summed E-state index contributed by atoms with van der Waals surface area (Å²) >= 11 is 12.0. The Morgan fingerprint density at radius 2 is 1.65 bits per heavy atom. The van der Waals surface area contributed by atoms with E-state index >= 15 is 0 Å². The maximum absolute atomic E-state index is 13.6. The Bertz CT molecular complexity index is 1120. The van der Waals surface area contributed by atoms with Crippen molar-refractivity contribution in [2.75, 3.05) is 17.1 Å². The zero-order chi connectivity index (χ0) is 25.7. The number of hydrogen-bond donors (Lipinski definition) is 1. The first-order valence-electron chi connectivity index (χ1n) is 10.8. The zero-order valence-corrected chi connectivity index (χ0v) is 22.3. The molecule has 0 aliphatic carbocycles. The van der Waals surface area contributed by atoms with Crippen LogP contribution in [0.3, 0.4) is 0 Å². The lowest BCUT2D eigenvalue weighted by Crippen LogP contribution is -2.55. The molecule has 2 aromatic carbocycles. The van der Waals surface area contributed by atoms with E-state index in [4.69, 9.17) is 23.2 Å². The van der Waals surface area contributed by atoms with E-state index in [0.717, 1.165) is 16.1 Å². The maximum Gasteiger partial charge on any atom is 0.244 e. The molecule has 0 unspecified atom stereocenters. The van der Waals surface area contributed by atoms with Gasteiger partial charge in [0, 0.05) is 22.1 Å². The van der Waals surface area contributed by atoms with Crippen molar-refractivity contribution in [2.45, 2.75) is 52.2 Å². The van der Waals surface area contributed by atoms with E-state index < -0.39 is 34.1 Å². The monoisotopic (exact) mass is 527 g/mol. The fourth-order valence-corrected chi connectivity index (χ4v) is 4.56. The largest absolute Gasteiger partial charge is 0.350 e. The second kappa shape index (κ2) is 11.4. The number of carbonyl (C=O) groups is 2. The van der Waals surface area contributed by atoms with Crippen LogP contribution in [0.1, 0.15) is 39.7 Å². The second-order valence-corrected chi connectivity index (χ2v) is 11.8. The van der Waals surface area contributed by atoms with Crippen molar-refractivity contribution in [2.24, 2.45) is 0 Å². The number of nitrogens with one attached hydrogen (secondary N) is 1. The summed E-state index contributed by atoms with van der Waals surface area (Å²) < 4.78 is 26.1. The van der Waals surface area contributed by atoms with Crippen LogP contribution in [-0.2, 0) is 26.2 Å². The Kier molecular flexibility index (Phi) is 9.39. The third kappa shape index (κ3) is 8.18. The number of rotatable bonds is 9. The number of sulfonamides is 1. The third-order valence-corrected chi connectivity index (χ3v) is 6.55. The fourth-order valence-electron chi connectivity index (χ4n) is 3.40. The number of benzene rings is 2. The Balaban J connectivity index is 2.45. The Labute approximate surface area is 212 Å². The predicted molar refractivity (Wildman–Crippen MR) is 138 cm³/mol. The Morgan fingerprint density at radius 1 is 1.03 bits per heavy atom. The van der Waals surface area contributed by atoms with Crippen LogP contribution in [0, 0.1) is 0 Å². The van der Waals surface area contributed by atoms with Crippen LogP contribution in [0.4, 0.5) is 5.69 Å². The van der Waals surface area contributed by atoms with Gasteiger partial charge in [0.05, 0.1) is 11.9 Å². The first-order valence-corrected chi connectivity index (χ1v) is 13.4. The van der Waals surface area contributed by atoms with Crippen LogP contribution in [0.2, 0.25) is 10.0 Å². The molecule has 7 nitrogen and oxygen atoms in total. The van der Waals surface area contributed by atoms with E-state index in [0.29, 0.717) is 16.5 Å². The average Bonchev–Trinajstić information content (AvgIpc) is 2.71. The summed E-state index contributed by atoms with van der Waals surface area (Å²) in [4.78, 5) is 28.1. The van der Waals surface area contributed by atoms with Gasteiger partial charge in [-0.05, 0) is 63.1 Å². The summed E-state index contributed by atoms with van der Waals surface area (Å²) in [6.45, 7) is 7.00. The number of halogens is 2. The quantitative estimate of drug-likeness (QED) is 0.520. The molecule has 0 heterocycles. The van der Waals surface area contributed by atoms with Crippen molar-refractivity contribution in [1.82, 2.24) is 10.2 Å². The number of anilines is 1. The van der Waals surface area contributed by atoms with Gasteiger partial charge in [0.25, 0.3) is 0 Å². The Hall–Kier alpha value is -2.29. The standard InChI is InChI=1S/C24H31Cl2N3O4S/c1-6-21(23(31)27-24(2,3)4)28(15-17-10-12-18(25)13-11-17)22(30)16-29(34(5,32)33)20-9-7-8-19(26)14-20/h7-14,21H,6,15-16H2,1-5H3,(H,27,31)/t21-/m0/s1. The van der Waals surface area contributed by atoms with Gasteiger partial charge in [0.1, 0.15) is 12.6 Å². The van der Waals surface area contributed by atoms with Crippen LogP contribution in [0.25, 0.3) is 0 Å². The molecule has 0 aliphatic rings. The molecular formula is C24H31Cl2N3O4S. The van der Waals surface area contributed by atoms with Gasteiger partial charge >= 0.3 is 0 Å². The van der Waals surface area contributed by atoms with Gasteiger partial charge in [0.2, 0.25) is 21.8 Å². The molecule has 1 atom stereocenters. The van der Waals surface area contributed by atoms with Gasteiger partial charge in [-0.15, -0.1) is 0 Å². The van der Waals surface area contributed by atoms with Crippen LogP contribution < -0.4 is 9.62 Å². The molecule has 0 aromatic heterocycles. The molecule has 0 radical (unpaired) electrons. The molecule has 0 spiro atoms. The predicted octanol–water partition coefficient (Wildman–Crippen LogP) is 4.48. The lowest BCUT2D eigenvalue weighted by Gasteiger charge is -2.34. The zero-order valence-electron chi connectivity index (χ0n) is 20.0. The fraction of sp³-hybridized carbons (Fsp3) is 0.417. The highest BCUT2D eigenvalue weighted by molar-refractivity contribution is 7.92.